The van der Waals surface area contributed by atoms with Crippen LogP contribution in [-0.2, 0) is 16.6 Å². The Balaban J connectivity index is 2.02. The van der Waals surface area contributed by atoms with E-state index in [-0.39, 0.29) is 28.1 Å². The zero-order valence-corrected chi connectivity index (χ0v) is 11.7. The zero-order chi connectivity index (χ0) is 14.8. The number of benzene rings is 1. The Morgan fingerprint density at radius 2 is 1.90 bits per heavy atom. The normalized spacial score (nSPS) is 11.3. The Labute approximate surface area is 120 Å². The quantitative estimate of drug-likeness (QED) is 0.892. The van der Waals surface area contributed by atoms with Crippen molar-refractivity contribution in [3.8, 4) is 0 Å². The molecule has 1 amide bonds. The number of carbonyl (C=O) groups is 1. The number of amides is 1. The summed E-state index contributed by atoms with van der Waals surface area (Å²) in [6.07, 6.45) is 1.32. The minimum absolute atomic E-state index is 0.0189. The third kappa shape index (κ3) is 3.38. The maximum Gasteiger partial charge on any atom is 0.256 e. The third-order valence-electron chi connectivity index (χ3n) is 2.57. The smallest absolute Gasteiger partial charge is 0.256 e. The van der Waals surface area contributed by atoms with E-state index >= 15 is 0 Å². The zero-order valence-electron chi connectivity index (χ0n) is 10.2. The first-order valence-electron chi connectivity index (χ1n) is 5.51. The number of nitrogens with two attached hydrogens (primary N) is 1. The number of hydrogen-bond acceptors (Lipinski definition) is 4. The highest BCUT2D eigenvalue weighted by Crippen LogP contribution is 2.16. The number of primary sulfonamides is 1. The second-order valence-electron chi connectivity index (χ2n) is 3.98. The van der Waals surface area contributed by atoms with Crippen LogP contribution in [0.1, 0.15) is 15.9 Å². The van der Waals surface area contributed by atoms with E-state index in [0.717, 1.165) is 5.56 Å². The molecule has 0 spiro atoms. The fraction of sp³-hybridized carbons (Fsp3) is 0.0833. The lowest BCUT2D eigenvalue weighted by atomic mass is 10.2. The third-order valence-corrected chi connectivity index (χ3v) is 3.79. The molecule has 0 fully saturated rings. The first-order valence-corrected chi connectivity index (χ1v) is 7.43. The molecule has 0 unspecified atom stereocenters. The minimum Gasteiger partial charge on any atom is -0.452 e. The summed E-state index contributed by atoms with van der Waals surface area (Å²) < 4.78 is 27.0. The molecule has 0 bridgehead atoms. The number of rotatable bonds is 4. The molecule has 0 aliphatic heterocycles. The minimum atomic E-state index is -3.71. The molecule has 0 saturated carbocycles. The largest absolute Gasteiger partial charge is 0.452 e. The van der Waals surface area contributed by atoms with Gasteiger partial charge in [0.05, 0.1) is 16.7 Å². The van der Waals surface area contributed by atoms with Crippen LogP contribution in [0.15, 0.2) is 45.9 Å². The van der Waals surface area contributed by atoms with Gasteiger partial charge in [0, 0.05) is 6.54 Å². The van der Waals surface area contributed by atoms with Crippen LogP contribution in [0, 0.1) is 0 Å². The van der Waals surface area contributed by atoms with Crippen molar-refractivity contribution in [3.63, 3.8) is 0 Å². The number of nitrogens with one attached hydrogen (secondary N) is 1. The van der Waals surface area contributed by atoms with Gasteiger partial charge in [-0.3, -0.25) is 4.79 Å². The van der Waals surface area contributed by atoms with Gasteiger partial charge in [0.15, 0.2) is 0 Å². The lowest BCUT2D eigenvalue weighted by Crippen LogP contribution is -2.22. The van der Waals surface area contributed by atoms with Crippen LogP contribution in [-0.4, -0.2) is 14.3 Å². The molecule has 106 valence electrons. The van der Waals surface area contributed by atoms with E-state index in [1.807, 2.05) is 0 Å². The molecular formula is C12H11ClN2O4S. The summed E-state index contributed by atoms with van der Waals surface area (Å²) in [7, 11) is -3.71. The van der Waals surface area contributed by atoms with E-state index in [4.69, 9.17) is 21.2 Å². The molecule has 8 heteroatoms. The molecule has 20 heavy (non-hydrogen) atoms. The average molecular weight is 315 g/mol. The average Bonchev–Trinajstić information content (AvgIpc) is 2.82. The number of carbonyl (C=O) groups excluding carboxylic acids is 1. The van der Waals surface area contributed by atoms with Gasteiger partial charge in [0.2, 0.25) is 15.2 Å². The van der Waals surface area contributed by atoms with Gasteiger partial charge in [-0.1, -0.05) is 12.1 Å². The summed E-state index contributed by atoms with van der Waals surface area (Å²) in [6.45, 7) is 0.227. The summed E-state index contributed by atoms with van der Waals surface area (Å²) in [5.74, 6) is -0.376. The standard InChI is InChI=1S/C12H11ClN2O4S/c13-11-10(5-6-19-11)12(16)15-7-8-1-3-9(4-2-8)20(14,17)18/h1-6H,7H2,(H,15,16)(H2,14,17,18). The van der Waals surface area contributed by atoms with Crippen molar-refractivity contribution in [2.75, 3.05) is 0 Å². The van der Waals surface area contributed by atoms with E-state index in [1.54, 1.807) is 12.1 Å². The van der Waals surface area contributed by atoms with E-state index in [1.165, 1.54) is 24.5 Å². The van der Waals surface area contributed by atoms with Gasteiger partial charge in [0.1, 0.15) is 0 Å². The topological polar surface area (TPSA) is 102 Å². The van der Waals surface area contributed by atoms with Crippen molar-refractivity contribution in [1.82, 2.24) is 5.32 Å². The highest BCUT2D eigenvalue weighted by Gasteiger charge is 2.12. The van der Waals surface area contributed by atoms with Gasteiger partial charge >= 0.3 is 0 Å². The Bertz CT molecular complexity index is 722. The summed E-state index contributed by atoms with van der Waals surface area (Å²) in [4.78, 5) is 11.8. The van der Waals surface area contributed by atoms with Gasteiger partial charge in [-0.05, 0) is 35.4 Å². The van der Waals surface area contributed by atoms with Crippen molar-refractivity contribution in [2.45, 2.75) is 11.4 Å². The molecule has 0 atom stereocenters. The summed E-state index contributed by atoms with van der Waals surface area (Å²) >= 11 is 5.68. The fourth-order valence-corrected chi connectivity index (χ4v) is 2.25. The second kappa shape index (κ2) is 5.66. The molecule has 1 aromatic carbocycles. The lowest BCUT2D eigenvalue weighted by Gasteiger charge is -2.05. The van der Waals surface area contributed by atoms with Gasteiger partial charge < -0.3 is 9.73 Å². The lowest BCUT2D eigenvalue weighted by molar-refractivity contribution is 0.0950. The van der Waals surface area contributed by atoms with E-state index in [2.05, 4.69) is 5.32 Å². The first-order chi connectivity index (χ1) is 9.38. The first kappa shape index (κ1) is 14.6. The molecule has 0 saturated heterocycles. The molecule has 0 radical (unpaired) electrons. The Morgan fingerprint density at radius 3 is 2.40 bits per heavy atom. The molecule has 2 aromatic rings. The maximum atomic E-state index is 11.8. The molecule has 0 aliphatic rings. The second-order valence-corrected chi connectivity index (χ2v) is 5.88. The van der Waals surface area contributed by atoms with Gasteiger partial charge in [-0.15, -0.1) is 0 Å². The van der Waals surface area contributed by atoms with Crippen LogP contribution in [0.25, 0.3) is 0 Å². The van der Waals surface area contributed by atoms with Gasteiger partial charge in [0.25, 0.3) is 5.91 Å². The highest BCUT2D eigenvalue weighted by molar-refractivity contribution is 7.89. The molecule has 0 aliphatic carbocycles. The molecule has 6 nitrogen and oxygen atoms in total. The van der Waals surface area contributed by atoms with Crippen LogP contribution in [0.3, 0.4) is 0 Å². The number of sulfonamides is 1. The molecular weight excluding hydrogens is 304 g/mol. The Kier molecular flexibility index (Phi) is 4.12. The van der Waals surface area contributed by atoms with Crippen molar-refractivity contribution in [3.05, 3.63) is 52.9 Å². The Hall–Kier alpha value is -1.83. The number of hydrogen-bond donors (Lipinski definition) is 2. The van der Waals surface area contributed by atoms with Gasteiger partial charge in [-0.2, -0.15) is 0 Å². The van der Waals surface area contributed by atoms with Gasteiger partial charge in [-0.25, -0.2) is 13.6 Å². The van der Waals surface area contributed by atoms with Crippen molar-refractivity contribution < 1.29 is 17.6 Å². The Morgan fingerprint density at radius 1 is 1.25 bits per heavy atom. The summed E-state index contributed by atoms with van der Waals surface area (Å²) in [5, 5.41) is 7.64. The number of halogens is 1. The monoisotopic (exact) mass is 314 g/mol. The predicted octanol–water partition coefficient (Wildman–Crippen LogP) is 1.51. The van der Waals surface area contributed by atoms with Crippen molar-refractivity contribution in [2.24, 2.45) is 5.14 Å². The SMILES string of the molecule is NS(=O)(=O)c1ccc(CNC(=O)c2ccoc2Cl)cc1. The van der Waals surface area contributed by atoms with E-state index in [0.29, 0.717) is 0 Å². The van der Waals surface area contributed by atoms with Crippen LogP contribution in [0.5, 0.6) is 0 Å². The van der Waals surface area contributed by atoms with Crippen LogP contribution < -0.4 is 10.5 Å². The van der Waals surface area contributed by atoms with Crippen molar-refractivity contribution in [1.29, 1.82) is 0 Å². The molecule has 2 rings (SSSR count). The fourth-order valence-electron chi connectivity index (χ4n) is 1.53. The molecule has 3 N–H and O–H groups in total. The summed E-state index contributed by atoms with van der Waals surface area (Å²) in [6, 6.07) is 7.35. The molecule has 1 aromatic heterocycles. The van der Waals surface area contributed by atoms with Crippen LogP contribution >= 0.6 is 11.6 Å². The van der Waals surface area contributed by atoms with Crippen LogP contribution in [0.2, 0.25) is 5.22 Å². The highest BCUT2D eigenvalue weighted by atomic mass is 35.5. The number of furan rings is 1. The van der Waals surface area contributed by atoms with E-state index < -0.39 is 10.0 Å². The van der Waals surface area contributed by atoms with E-state index in [9.17, 15) is 13.2 Å². The maximum absolute atomic E-state index is 11.8. The summed E-state index contributed by atoms with van der Waals surface area (Å²) in [5.41, 5.74) is 0.971. The molecule has 1 heterocycles. The predicted molar refractivity (Wildman–Crippen MR) is 72.7 cm³/mol. The van der Waals surface area contributed by atoms with Crippen LogP contribution in [0.4, 0.5) is 0 Å². The van der Waals surface area contributed by atoms with Crippen molar-refractivity contribution >= 4 is 27.5 Å².